The number of rotatable bonds is 6. The molecule has 1 aromatic carbocycles. The molecule has 0 spiro atoms. The first-order valence-corrected chi connectivity index (χ1v) is 5.94. The predicted octanol–water partition coefficient (Wildman–Crippen LogP) is 2.83. The Hall–Kier alpha value is -2.43. The van der Waals surface area contributed by atoms with Crippen molar-refractivity contribution in [3.8, 4) is 0 Å². The molecule has 0 fully saturated rings. The van der Waals surface area contributed by atoms with Crippen LogP contribution in [0.15, 0.2) is 49.2 Å². The summed E-state index contributed by atoms with van der Waals surface area (Å²) in [6, 6.07) is 8.38. The van der Waals surface area contributed by atoms with Gasteiger partial charge >= 0.3 is 0 Å². The van der Waals surface area contributed by atoms with E-state index in [1.54, 1.807) is 36.5 Å². The van der Waals surface area contributed by atoms with E-state index in [2.05, 4.69) is 27.2 Å². The SMILES string of the molecule is C=CCNc1nccc(NCc2ccccc2F)n1. The van der Waals surface area contributed by atoms with Crippen LogP contribution in [0.3, 0.4) is 0 Å². The molecule has 0 aliphatic carbocycles. The van der Waals surface area contributed by atoms with Gasteiger partial charge in [0.1, 0.15) is 11.6 Å². The summed E-state index contributed by atoms with van der Waals surface area (Å²) >= 11 is 0. The maximum atomic E-state index is 13.4. The normalized spacial score (nSPS) is 9.95. The Bertz CT molecular complexity index is 557. The Labute approximate surface area is 111 Å². The van der Waals surface area contributed by atoms with Crippen LogP contribution in [0.2, 0.25) is 0 Å². The molecule has 0 unspecified atom stereocenters. The highest BCUT2D eigenvalue weighted by atomic mass is 19.1. The maximum Gasteiger partial charge on any atom is 0.224 e. The van der Waals surface area contributed by atoms with Gasteiger partial charge in [-0.1, -0.05) is 24.3 Å². The quantitative estimate of drug-likeness (QED) is 0.782. The van der Waals surface area contributed by atoms with E-state index in [0.29, 0.717) is 30.4 Å². The minimum atomic E-state index is -0.228. The summed E-state index contributed by atoms with van der Waals surface area (Å²) in [5, 5.41) is 6.05. The van der Waals surface area contributed by atoms with Gasteiger partial charge in [-0.05, 0) is 12.1 Å². The van der Waals surface area contributed by atoms with Crippen molar-refractivity contribution in [1.82, 2.24) is 9.97 Å². The second kappa shape index (κ2) is 6.49. The average molecular weight is 258 g/mol. The van der Waals surface area contributed by atoms with Gasteiger partial charge in [0, 0.05) is 24.8 Å². The number of nitrogens with one attached hydrogen (secondary N) is 2. The van der Waals surface area contributed by atoms with Crippen molar-refractivity contribution in [2.75, 3.05) is 17.2 Å². The Morgan fingerprint density at radius 3 is 2.84 bits per heavy atom. The molecule has 5 heteroatoms. The average Bonchev–Trinajstić information content (AvgIpc) is 2.45. The Kier molecular flexibility index (Phi) is 4.44. The summed E-state index contributed by atoms with van der Waals surface area (Å²) in [6.07, 6.45) is 3.37. The number of halogens is 1. The number of hydrogen-bond donors (Lipinski definition) is 2. The van der Waals surface area contributed by atoms with Crippen molar-refractivity contribution in [2.45, 2.75) is 6.54 Å². The molecule has 2 N–H and O–H groups in total. The third-order valence-corrected chi connectivity index (χ3v) is 2.48. The highest BCUT2D eigenvalue weighted by Gasteiger charge is 2.02. The molecule has 0 atom stereocenters. The first-order chi connectivity index (χ1) is 9.29. The highest BCUT2D eigenvalue weighted by Crippen LogP contribution is 2.10. The second-order valence-corrected chi connectivity index (χ2v) is 3.88. The first kappa shape index (κ1) is 13.0. The lowest BCUT2D eigenvalue weighted by atomic mass is 10.2. The van der Waals surface area contributed by atoms with E-state index >= 15 is 0 Å². The van der Waals surface area contributed by atoms with Crippen molar-refractivity contribution >= 4 is 11.8 Å². The summed E-state index contributed by atoms with van der Waals surface area (Å²) in [4.78, 5) is 8.32. The summed E-state index contributed by atoms with van der Waals surface area (Å²) < 4.78 is 13.4. The van der Waals surface area contributed by atoms with E-state index < -0.39 is 0 Å². The van der Waals surface area contributed by atoms with Gasteiger partial charge in [-0.15, -0.1) is 6.58 Å². The standard InChI is InChI=1S/C14H15FN4/c1-2-8-16-14-17-9-7-13(19-14)18-10-11-5-3-4-6-12(11)15/h2-7,9H,1,8,10H2,(H2,16,17,18,19). The molecule has 0 radical (unpaired) electrons. The van der Waals surface area contributed by atoms with E-state index in [-0.39, 0.29) is 5.82 Å². The number of benzene rings is 1. The molecular formula is C14H15FN4. The zero-order valence-electron chi connectivity index (χ0n) is 10.4. The summed E-state index contributed by atoms with van der Waals surface area (Å²) in [5.74, 6) is 0.928. The van der Waals surface area contributed by atoms with Crippen LogP contribution in [0.1, 0.15) is 5.56 Å². The summed E-state index contributed by atoms with van der Waals surface area (Å²) in [5.41, 5.74) is 0.599. The summed E-state index contributed by atoms with van der Waals surface area (Å²) in [6.45, 7) is 4.58. The van der Waals surface area contributed by atoms with E-state index in [1.165, 1.54) is 6.07 Å². The molecule has 0 bridgehead atoms. The molecule has 2 rings (SSSR count). The van der Waals surface area contributed by atoms with Crippen molar-refractivity contribution in [3.63, 3.8) is 0 Å². The van der Waals surface area contributed by atoms with Crippen LogP contribution in [-0.2, 0) is 6.54 Å². The van der Waals surface area contributed by atoms with Crippen molar-refractivity contribution in [1.29, 1.82) is 0 Å². The number of nitrogens with zero attached hydrogens (tertiary/aromatic N) is 2. The molecule has 0 saturated carbocycles. The smallest absolute Gasteiger partial charge is 0.224 e. The molecule has 0 aliphatic heterocycles. The zero-order valence-corrected chi connectivity index (χ0v) is 10.4. The van der Waals surface area contributed by atoms with E-state index in [4.69, 9.17) is 0 Å². The first-order valence-electron chi connectivity index (χ1n) is 5.94. The summed E-state index contributed by atoms with van der Waals surface area (Å²) in [7, 11) is 0. The molecule has 1 aromatic heterocycles. The zero-order chi connectivity index (χ0) is 13.5. The molecule has 1 heterocycles. The molecule has 2 aromatic rings. The number of hydrogen-bond acceptors (Lipinski definition) is 4. The van der Waals surface area contributed by atoms with Crippen LogP contribution in [0.5, 0.6) is 0 Å². The topological polar surface area (TPSA) is 49.8 Å². The monoisotopic (exact) mass is 258 g/mol. The van der Waals surface area contributed by atoms with Gasteiger partial charge in [0.15, 0.2) is 0 Å². The van der Waals surface area contributed by atoms with Crippen LogP contribution < -0.4 is 10.6 Å². The lowest BCUT2D eigenvalue weighted by Gasteiger charge is -2.08. The fourth-order valence-corrected chi connectivity index (χ4v) is 1.53. The minimum Gasteiger partial charge on any atom is -0.366 e. The highest BCUT2D eigenvalue weighted by molar-refractivity contribution is 5.40. The van der Waals surface area contributed by atoms with Gasteiger partial charge < -0.3 is 10.6 Å². The Morgan fingerprint density at radius 1 is 1.21 bits per heavy atom. The Morgan fingerprint density at radius 2 is 2.05 bits per heavy atom. The van der Waals surface area contributed by atoms with Gasteiger partial charge in [0.2, 0.25) is 5.95 Å². The minimum absolute atomic E-state index is 0.228. The lowest BCUT2D eigenvalue weighted by molar-refractivity contribution is 0.613. The molecule has 98 valence electrons. The molecule has 19 heavy (non-hydrogen) atoms. The molecule has 0 aliphatic rings. The van der Waals surface area contributed by atoms with Gasteiger partial charge in [0.05, 0.1) is 0 Å². The molecule has 0 saturated heterocycles. The van der Waals surface area contributed by atoms with E-state index in [1.807, 2.05) is 0 Å². The van der Waals surface area contributed by atoms with Crippen molar-refractivity contribution in [2.24, 2.45) is 0 Å². The fraction of sp³-hybridized carbons (Fsp3) is 0.143. The van der Waals surface area contributed by atoms with Crippen molar-refractivity contribution in [3.05, 3.63) is 60.6 Å². The van der Waals surface area contributed by atoms with Gasteiger partial charge in [-0.2, -0.15) is 4.98 Å². The van der Waals surface area contributed by atoms with Crippen LogP contribution in [0.4, 0.5) is 16.2 Å². The largest absolute Gasteiger partial charge is 0.366 e. The third-order valence-electron chi connectivity index (χ3n) is 2.48. The van der Waals surface area contributed by atoms with Crippen molar-refractivity contribution < 1.29 is 4.39 Å². The van der Waals surface area contributed by atoms with Gasteiger partial charge in [-0.25, -0.2) is 9.37 Å². The van der Waals surface area contributed by atoms with Gasteiger partial charge in [-0.3, -0.25) is 0 Å². The predicted molar refractivity (Wildman–Crippen MR) is 74.4 cm³/mol. The van der Waals surface area contributed by atoms with Gasteiger partial charge in [0.25, 0.3) is 0 Å². The van der Waals surface area contributed by atoms with Crippen LogP contribution in [0.25, 0.3) is 0 Å². The second-order valence-electron chi connectivity index (χ2n) is 3.88. The van der Waals surface area contributed by atoms with Crippen LogP contribution in [-0.4, -0.2) is 16.5 Å². The maximum absolute atomic E-state index is 13.4. The third kappa shape index (κ3) is 3.77. The lowest BCUT2D eigenvalue weighted by Crippen LogP contribution is -2.07. The molecular weight excluding hydrogens is 243 g/mol. The van der Waals surface area contributed by atoms with Crippen LogP contribution in [0, 0.1) is 5.82 Å². The number of anilines is 2. The van der Waals surface area contributed by atoms with E-state index in [9.17, 15) is 4.39 Å². The van der Waals surface area contributed by atoms with E-state index in [0.717, 1.165) is 0 Å². The molecule has 4 nitrogen and oxygen atoms in total. The fourth-order valence-electron chi connectivity index (χ4n) is 1.53. The molecule has 0 amide bonds. The van der Waals surface area contributed by atoms with Crippen LogP contribution >= 0.6 is 0 Å². The number of aromatic nitrogens is 2. The Balaban J connectivity index is 1.99.